The Labute approximate surface area is 105 Å². The quantitative estimate of drug-likeness (QED) is 0.824. The molecule has 1 aromatic heterocycles. The summed E-state index contributed by atoms with van der Waals surface area (Å²) in [6, 6.07) is 0.494. The third kappa shape index (κ3) is 4.43. The number of rotatable bonds is 6. The van der Waals surface area contributed by atoms with Crippen molar-refractivity contribution >= 4 is 0 Å². The minimum atomic E-state index is 0.494. The van der Waals surface area contributed by atoms with Crippen LogP contribution in [0, 0.1) is 13.8 Å². The fourth-order valence-electron chi connectivity index (χ4n) is 1.82. The van der Waals surface area contributed by atoms with E-state index in [9.17, 15) is 0 Å². The Hall–Kier alpha value is -0.960. The maximum absolute atomic E-state index is 4.60. The number of hydrogen-bond donors (Lipinski definition) is 1. The summed E-state index contributed by atoms with van der Waals surface area (Å²) >= 11 is 0. The summed E-state index contributed by atoms with van der Waals surface area (Å²) in [6.45, 7) is 11.5. The predicted octanol–water partition coefficient (Wildman–Crippen LogP) is 2.93. The van der Waals surface area contributed by atoms with E-state index in [0.717, 1.165) is 30.2 Å². The molecule has 0 spiro atoms. The van der Waals surface area contributed by atoms with E-state index >= 15 is 0 Å². The van der Waals surface area contributed by atoms with E-state index < -0.39 is 0 Å². The lowest BCUT2D eigenvalue weighted by molar-refractivity contribution is 0.581. The van der Waals surface area contributed by atoms with E-state index in [2.05, 4.69) is 49.9 Å². The van der Waals surface area contributed by atoms with Gasteiger partial charge in [-0.05, 0) is 20.3 Å². The first-order valence-corrected chi connectivity index (χ1v) is 6.61. The largest absolute Gasteiger partial charge is 0.310 e. The highest BCUT2D eigenvalue weighted by Crippen LogP contribution is 2.11. The number of nitrogens with zero attached hydrogens (tertiary/aromatic N) is 2. The van der Waals surface area contributed by atoms with Gasteiger partial charge in [-0.1, -0.05) is 27.2 Å². The molecular formula is C14H25N3. The fraction of sp³-hybridized carbons (Fsp3) is 0.714. The van der Waals surface area contributed by atoms with Crippen LogP contribution in [0.25, 0.3) is 0 Å². The Morgan fingerprint density at radius 1 is 1.12 bits per heavy atom. The lowest BCUT2D eigenvalue weighted by atomic mass is 10.1. The summed E-state index contributed by atoms with van der Waals surface area (Å²) in [7, 11) is 0. The van der Waals surface area contributed by atoms with Crippen molar-refractivity contribution in [1.82, 2.24) is 15.3 Å². The van der Waals surface area contributed by atoms with E-state index in [1.807, 2.05) is 0 Å². The van der Waals surface area contributed by atoms with Gasteiger partial charge in [0.25, 0.3) is 0 Å². The minimum absolute atomic E-state index is 0.494. The second kappa shape index (κ2) is 6.70. The second-order valence-electron chi connectivity index (χ2n) is 4.93. The van der Waals surface area contributed by atoms with Gasteiger partial charge in [0.15, 0.2) is 0 Å². The van der Waals surface area contributed by atoms with Crippen molar-refractivity contribution in [2.45, 2.75) is 66.5 Å². The molecule has 0 atom stereocenters. The topological polar surface area (TPSA) is 37.8 Å². The normalized spacial score (nSPS) is 11.2. The van der Waals surface area contributed by atoms with Crippen molar-refractivity contribution in [2.24, 2.45) is 0 Å². The third-order valence-electron chi connectivity index (χ3n) is 2.91. The van der Waals surface area contributed by atoms with Crippen molar-refractivity contribution in [3.8, 4) is 0 Å². The molecule has 3 nitrogen and oxygen atoms in total. The number of hydrogen-bond acceptors (Lipinski definition) is 3. The van der Waals surface area contributed by atoms with Crippen molar-refractivity contribution < 1.29 is 0 Å². The monoisotopic (exact) mass is 235 g/mol. The van der Waals surface area contributed by atoms with Crippen LogP contribution in [0.2, 0.25) is 0 Å². The van der Waals surface area contributed by atoms with Gasteiger partial charge in [0, 0.05) is 36.0 Å². The summed E-state index contributed by atoms with van der Waals surface area (Å²) in [4.78, 5) is 9.20. The van der Waals surface area contributed by atoms with Crippen LogP contribution in [0.15, 0.2) is 0 Å². The first kappa shape index (κ1) is 14.1. The van der Waals surface area contributed by atoms with Crippen LogP contribution >= 0.6 is 0 Å². The van der Waals surface area contributed by atoms with Gasteiger partial charge in [-0.3, -0.25) is 0 Å². The molecule has 0 aliphatic carbocycles. The van der Waals surface area contributed by atoms with E-state index in [4.69, 9.17) is 0 Å². The fourth-order valence-corrected chi connectivity index (χ4v) is 1.82. The zero-order valence-corrected chi connectivity index (χ0v) is 11.8. The maximum atomic E-state index is 4.60. The van der Waals surface area contributed by atoms with Gasteiger partial charge in [0.05, 0.1) is 0 Å². The van der Waals surface area contributed by atoms with Crippen molar-refractivity contribution in [1.29, 1.82) is 0 Å². The SMILES string of the molecule is CCCCc1nc(C)c(CNC(C)C)c(C)n1. The average molecular weight is 235 g/mol. The van der Waals surface area contributed by atoms with Crippen molar-refractivity contribution in [3.63, 3.8) is 0 Å². The average Bonchev–Trinajstić information content (AvgIpc) is 2.24. The number of aryl methyl sites for hydroxylation is 3. The highest BCUT2D eigenvalue weighted by atomic mass is 14.9. The summed E-state index contributed by atoms with van der Waals surface area (Å²) in [5.74, 6) is 0.996. The molecule has 96 valence electrons. The highest BCUT2D eigenvalue weighted by Gasteiger charge is 2.08. The molecule has 0 aliphatic rings. The third-order valence-corrected chi connectivity index (χ3v) is 2.91. The molecule has 1 aromatic rings. The molecule has 0 amide bonds. The molecule has 3 heteroatoms. The van der Waals surface area contributed by atoms with Gasteiger partial charge in [0.1, 0.15) is 5.82 Å². The van der Waals surface area contributed by atoms with Gasteiger partial charge in [0.2, 0.25) is 0 Å². The molecule has 1 heterocycles. The van der Waals surface area contributed by atoms with Crippen molar-refractivity contribution in [3.05, 3.63) is 22.8 Å². The van der Waals surface area contributed by atoms with Gasteiger partial charge >= 0.3 is 0 Å². The van der Waals surface area contributed by atoms with E-state index in [1.165, 1.54) is 18.4 Å². The number of unbranched alkanes of at least 4 members (excludes halogenated alkanes) is 1. The maximum Gasteiger partial charge on any atom is 0.128 e. The van der Waals surface area contributed by atoms with Crippen LogP contribution in [-0.2, 0) is 13.0 Å². The molecule has 17 heavy (non-hydrogen) atoms. The van der Waals surface area contributed by atoms with E-state index in [0.29, 0.717) is 6.04 Å². The molecule has 1 N–H and O–H groups in total. The van der Waals surface area contributed by atoms with Gasteiger partial charge in [-0.2, -0.15) is 0 Å². The summed E-state index contributed by atoms with van der Waals surface area (Å²) < 4.78 is 0. The molecule has 0 bridgehead atoms. The Kier molecular flexibility index (Phi) is 5.56. The smallest absolute Gasteiger partial charge is 0.128 e. The minimum Gasteiger partial charge on any atom is -0.310 e. The zero-order valence-electron chi connectivity index (χ0n) is 11.8. The first-order valence-electron chi connectivity index (χ1n) is 6.61. The van der Waals surface area contributed by atoms with Crippen LogP contribution in [0.4, 0.5) is 0 Å². The van der Waals surface area contributed by atoms with E-state index in [1.54, 1.807) is 0 Å². The van der Waals surface area contributed by atoms with Gasteiger partial charge in [-0.15, -0.1) is 0 Å². The Morgan fingerprint density at radius 2 is 1.71 bits per heavy atom. The summed E-state index contributed by atoms with van der Waals surface area (Å²) in [6.07, 6.45) is 3.36. The summed E-state index contributed by atoms with van der Waals surface area (Å²) in [5, 5.41) is 3.43. The Bertz CT molecular complexity index is 335. The molecule has 0 fully saturated rings. The molecule has 0 saturated heterocycles. The molecule has 0 saturated carbocycles. The van der Waals surface area contributed by atoms with Gasteiger partial charge < -0.3 is 5.32 Å². The molecular weight excluding hydrogens is 210 g/mol. The van der Waals surface area contributed by atoms with Crippen LogP contribution in [0.5, 0.6) is 0 Å². The molecule has 0 aromatic carbocycles. The lowest BCUT2D eigenvalue weighted by Gasteiger charge is -2.13. The Morgan fingerprint density at radius 3 is 2.18 bits per heavy atom. The van der Waals surface area contributed by atoms with Crippen LogP contribution in [0.3, 0.4) is 0 Å². The van der Waals surface area contributed by atoms with E-state index in [-0.39, 0.29) is 0 Å². The van der Waals surface area contributed by atoms with Crippen LogP contribution < -0.4 is 5.32 Å². The molecule has 0 unspecified atom stereocenters. The second-order valence-corrected chi connectivity index (χ2v) is 4.93. The van der Waals surface area contributed by atoms with Crippen LogP contribution in [-0.4, -0.2) is 16.0 Å². The summed E-state index contributed by atoms with van der Waals surface area (Å²) in [5.41, 5.74) is 3.49. The predicted molar refractivity (Wildman–Crippen MR) is 72.1 cm³/mol. The standard InChI is InChI=1S/C14H25N3/c1-6-7-8-14-16-11(4)13(12(5)17-14)9-15-10(2)3/h10,15H,6-9H2,1-5H3. The van der Waals surface area contributed by atoms with Gasteiger partial charge in [-0.25, -0.2) is 9.97 Å². The first-order chi connectivity index (χ1) is 8.04. The highest BCUT2D eigenvalue weighted by molar-refractivity contribution is 5.24. The molecule has 1 rings (SSSR count). The number of nitrogens with one attached hydrogen (secondary N) is 1. The molecule has 0 radical (unpaired) electrons. The Balaban J connectivity index is 2.79. The zero-order chi connectivity index (χ0) is 12.8. The number of aromatic nitrogens is 2. The molecule has 0 aliphatic heterocycles. The van der Waals surface area contributed by atoms with Crippen LogP contribution in [0.1, 0.15) is 56.4 Å². The lowest BCUT2D eigenvalue weighted by Crippen LogP contribution is -2.23. The van der Waals surface area contributed by atoms with Crippen molar-refractivity contribution in [2.75, 3.05) is 0 Å².